The lowest BCUT2D eigenvalue weighted by atomic mass is 10.1. The van der Waals surface area contributed by atoms with E-state index in [4.69, 9.17) is 17.3 Å². The lowest BCUT2D eigenvalue weighted by Gasteiger charge is -2.18. The molecule has 0 fully saturated rings. The topological polar surface area (TPSA) is 84.1 Å². The average Bonchev–Trinajstić information content (AvgIpc) is 2.61. The molecule has 0 aliphatic carbocycles. The second kappa shape index (κ2) is 7.25. The molecule has 0 spiro atoms. The summed E-state index contributed by atoms with van der Waals surface area (Å²) in [6.07, 6.45) is 0. The highest BCUT2D eigenvalue weighted by Gasteiger charge is 2.14. The molecule has 0 saturated heterocycles. The standard InChI is InChI=1S/C19H21ClN4O/c1-11(2)15(21)10-22-18-13-5-3-4-6-16(13)23-19(24-18)14-9-12(20)7-8-17(14)25/h3-9,11,15,25H,10,21H2,1-2H3,(H,22,23,24). The fraction of sp³-hybridized carbons (Fsp3) is 0.263. The maximum absolute atomic E-state index is 10.2. The molecule has 0 aliphatic heterocycles. The van der Waals surface area contributed by atoms with Crippen LogP contribution in [0.3, 0.4) is 0 Å². The van der Waals surface area contributed by atoms with E-state index in [1.165, 1.54) is 6.07 Å². The van der Waals surface area contributed by atoms with Crippen molar-refractivity contribution >= 4 is 28.3 Å². The number of hydrogen-bond acceptors (Lipinski definition) is 5. The van der Waals surface area contributed by atoms with Crippen LogP contribution in [0.25, 0.3) is 22.3 Å². The Morgan fingerprint density at radius 1 is 1.16 bits per heavy atom. The molecular formula is C19H21ClN4O. The first-order valence-corrected chi connectivity index (χ1v) is 8.58. The molecule has 0 radical (unpaired) electrons. The summed E-state index contributed by atoms with van der Waals surface area (Å²) in [6, 6.07) is 12.6. The van der Waals surface area contributed by atoms with Crippen molar-refractivity contribution in [2.45, 2.75) is 19.9 Å². The fourth-order valence-corrected chi connectivity index (χ4v) is 2.64. The molecule has 1 unspecified atom stereocenters. The molecule has 4 N–H and O–H groups in total. The minimum absolute atomic E-state index is 0.0109. The summed E-state index contributed by atoms with van der Waals surface area (Å²) in [5.41, 5.74) is 7.42. The number of hydrogen-bond donors (Lipinski definition) is 3. The van der Waals surface area contributed by atoms with Gasteiger partial charge in [-0.05, 0) is 36.2 Å². The number of rotatable bonds is 5. The third-order valence-corrected chi connectivity index (χ3v) is 4.40. The summed E-state index contributed by atoms with van der Waals surface area (Å²) in [5.74, 6) is 1.55. The summed E-state index contributed by atoms with van der Waals surface area (Å²) in [5, 5.41) is 14.9. The van der Waals surface area contributed by atoms with E-state index in [0.29, 0.717) is 34.7 Å². The predicted molar refractivity (Wildman–Crippen MR) is 103 cm³/mol. The highest BCUT2D eigenvalue weighted by Crippen LogP contribution is 2.32. The zero-order valence-electron chi connectivity index (χ0n) is 14.2. The maximum atomic E-state index is 10.2. The molecule has 2 aromatic carbocycles. The van der Waals surface area contributed by atoms with Gasteiger partial charge in [-0.15, -0.1) is 0 Å². The lowest BCUT2D eigenvalue weighted by molar-refractivity contribution is 0.477. The Bertz CT molecular complexity index is 898. The summed E-state index contributed by atoms with van der Waals surface area (Å²) in [6.45, 7) is 4.76. The highest BCUT2D eigenvalue weighted by atomic mass is 35.5. The van der Waals surface area contributed by atoms with Crippen molar-refractivity contribution in [3.8, 4) is 17.1 Å². The van der Waals surface area contributed by atoms with Crippen molar-refractivity contribution in [1.29, 1.82) is 0 Å². The normalized spacial score (nSPS) is 12.5. The lowest BCUT2D eigenvalue weighted by Crippen LogP contribution is -2.34. The van der Waals surface area contributed by atoms with Gasteiger partial charge in [-0.3, -0.25) is 0 Å². The van der Waals surface area contributed by atoms with Crippen LogP contribution in [0.15, 0.2) is 42.5 Å². The van der Waals surface area contributed by atoms with E-state index in [2.05, 4.69) is 29.1 Å². The van der Waals surface area contributed by atoms with E-state index >= 15 is 0 Å². The number of aromatic hydroxyl groups is 1. The Hall–Kier alpha value is -2.37. The Morgan fingerprint density at radius 3 is 2.68 bits per heavy atom. The van der Waals surface area contributed by atoms with Gasteiger partial charge in [0.2, 0.25) is 0 Å². The monoisotopic (exact) mass is 356 g/mol. The molecule has 3 aromatic rings. The van der Waals surface area contributed by atoms with Crippen LogP contribution < -0.4 is 11.1 Å². The molecule has 0 amide bonds. The maximum Gasteiger partial charge on any atom is 0.165 e. The van der Waals surface area contributed by atoms with Crippen LogP contribution in [-0.2, 0) is 0 Å². The van der Waals surface area contributed by atoms with Crippen LogP contribution in [-0.4, -0.2) is 27.7 Å². The van der Waals surface area contributed by atoms with Crippen molar-refractivity contribution in [2.24, 2.45) is 11.7 Å². The molecule has 1 heterocycles. The SMILES string of the molecule is CC(C)C(N)CNc1nc(-c2cc(Cl)ccc2O)nc2ccccc12. The van der Waals surface area contributed by atoms with Gasteiger partial charge in [0.25, 0.3) is 0 Å². The number of benzene rings is 2. The van der Waals surface area contributed by atoms with Gasteiger partial charge >= 0.3 is 0 Å². The number of phenols is 1. The Kier molecular flexibility index (Phi) is 5.06. The predicted octanol–water partition coefficient (Wildman–Crippen LogP) is 4.05. The van der Waals surface area contributed by atoms with Gasteiger partial charge in [-0.1, -0.05) is 37.6 Å². The van der Waals surface area contributed by atoms with Crippen LogP contribution >= 0.6 is 11.6 Å². The summed E-state index contributed by atoms with van der Waals surface area (Å²) >= 11 is 6.06. The third-order valence-electron chi connectivity index (χ3n) is 4.16. The molecule has 5 nitrogen and oxygen atoms in total. The smallest absolute Gasteiger partial charge is 0.165 e. The van der Waals surface area contributed by atoms with E-state index in [-0.39, 0.29) is 11.8 Å². The molecule has 1 atom stereocenters. The van der Waals surface area contributed by atoms with Crippen molar-refractivity contribution < 1.29 is 5.11 Å². The number of nitrogens with two attached hydrogens (primary N) is 1. The number of nitrogens with zero attached hydrogens (tertiary/aromatic N) is 2. The van der Waals surface area contributed by atoms with E-state index in [9.17, 15) is 5.11 Å². The Morgan fingerprint density at radius 2 is 1.92 bits per heavy atom. The van der Waals surface area contributed by atoms with Gasteiger partial charge in [0, 0.05) is 23.0 Å². The fourth-order valence-electron chi connectivity index (χ4n) is 2.47. The van der Waals surface area contributed by atoms with Crippen LogP contribution in [0.5, 0.6) is 5.75 Å². The van der Waals surface area contributed by atoms with Crippen LogP contribution in [0, 0.1) is 5.92 Å². The first-order chi connectivity index (χ1) is 12.0. The van der Waals surface area contributed by atoms with Crippen LogP contribution in [0.1, 0.15) is 13.8 Å². The van der Waals surface area contributed by atoms with Crippen molar-refractivity contribution in [2.75, 3.05) is 11.9 Å². The quantitative estimate of drug-likeness (QED) is 0.642. The number of aromatic nitrogens is 2. The molecule has 25 heavy (non-hydrogen) atoms. The number of nitrogens with one attached hydrogen (secondary N) is 1. The summed E-state index contributed by atoms with van der Waals surface area (Å²) in [4.78, 5) is 9.18. The van der Waals surface area contributed by atoms with Crippen LogP contribution in [0.4, 0.5) is 5.82 Å². The number of para-hydroxylation sites is 1. The van der Waals surface area contributed by atoms with Gasteiger partial charge in [-0.2, -0.15) is 0 Å². The van der Waals surface area contributed by atoms with Crippen LogP contribution in [0.2, 0.25) is 5.02 Å². The Balaban J connectivity index is 2.07. The third kappa shape index (κ3) is 3.83. The average molecular weight is 357 g/mol. The first kappa shape index (κ1) is 17.5. The molecular weight excluding hydrogens is 336 g/mol. The Labute approximate surface area is 151 Å². The van der Waals surface area contributed by atoms with Gasteiger partial charge in [0.05, 0.1) is 11.1 Å². The zero-order valence-corrected chi connectivity index (χ0v) is 15.0. The second-order valence-corrected chi connectivity index (χ2v) is 6.80. The highest BCUT2D eigenvalue weighted by molar-refractivity contribution is 6.30. The van der Waals surface area contributed by atoms with E-state index in [0.717, 1.165) is 10.9 Å². The minimum Gasteiger partial charge on any atom is -0.507 e. The molecule has 1 aromatic heterocycles. The number of fused-ring (bicyclic) bond motifs is 1. The molecule has 0 saturated carbocycles. The molecule has 0 aliphatic rings. The van der Waals surface area contributed by atoms with Crippen molar-refractivity contribution in [3.63, 3.8) is 0 Å². The molecule has 0 bridgehead atoms. The van der Waals surface area contributed by atoms with Gasteiger partial charge in [0.15, 0.2) is 5.82 Å². The molecule has 6 heteroatoms. The van der Waals surface area contributed by atoms with Crippen molar-refractivity contribution in [3.05, 3.63) is 47.5 Å². The second-order valence-electron chi connectivity index (χ2n) is 6.36. The summed E-state index contributed by atoms with van der Waals surface area (Å²) in [7, 11) is 0. The van der Waals surface area contributed by atoms with Gasteiger partial charge in [0.1, 0.15) is 11.6 Å². The first-order valence-electron chi connectivity index (χ1n) is 8.21. The molecule has 130 valence electrons. The van der Waals surface area contributed by atoms with Gasteiger partial charge in [-0.25, -0.2) is 9.97 Å². The minimum atomic E-state index is 0.0109. The van der Waals surface area contributed by atoms with E-state index in [1.54, 1.807) is 12.1 Å². The number of anilines is 1. The number of halogens is 1. The van der Waals surface area contributed by atoms with E-state index in [1.807, 2.05) is 24.3 Å². The summed E-state index contributed by atoms with van der Waals surface area (Å²) < 4.78 is 0. The van der Waals surface area contributed by atoms with Gasteiger partial charge < -0.3 is 16.2 Å². The molecule has 3 rings (SSSR count). The number of phenolic OH excluding ortho intramolecular Hbond substituents is 1. The zero-order chi connectivity index (χ0) is 18.0. The van der Waals surface area contributed by atoms with E-state index < -0.39 is 0 Å². The largest absolute Gasteiger partial charge is 0.507 e. The van der Waals surface area contributed by atoms with Crippen molar-refractivity contribution in [1.82, 2.24) is 9.97 Å².